The highest BCUT2D eigenvalue weighted by Crippen LogP contribution is 2.25. The Balaban J connectivity index is 1.84. The Kier molecular flexibility index (Phi) is 5.28. The van der Waals surface area contributed by atoms with Crippen LogP contribution in [0.3, 0.4) is 0 Å². The Bertz CT molecular complexity index is 754. The first-order valence-corrected chi connectivity index (χ1v) is 9.21. The fourth-order valence-electron chi connectivity index (χ4n) is 3.96. The second kappa shape index (κ2) is 7.44. The molecule has 0 saturated carbocycles. The first kappa shape index (κ1) is 17.7. The molecule has 0 spiro atoms. The van der Waals surface area contributed by atoms with E-state index in [0.717, 1.165) is 55.1 Å². The van der Waals surface area contributed by atoms with Gasteiger partial charge in [-0.3, -0.25) is 4.79 Å². The highest BCUT2D eigenvalue weighted by Gasteiger charge is 2.26. The van der Waals surface area contributed by atoms with Crippen LogP contribution in [0.5, 0.6) is 0 Å². The van der Waals surface area contributed by atoms with Gasteiger partial charge in [0.1, 0.15) is 0 Å². The second-order valence-electron chi connectivity index (χ2n) is 7.20. The van der Waals surface area contributed by atoms with Gasteiger partial charge >= 0.3 is 0 Å². The minimum absolute atomic E-state index is 0.177. The summed E-state index contributed by atoms with van der Waals surface area (Å²) in [5.74, 6) is 0.865. The molecular weight excluding hydrogens is 310 g/mol. The van der Waals surface area contributed by atoms with Gasteiger partial charge in [-0.15, -0.1) is 0 Å². The van der Waals surface area contributed by atoms with E-state index in [0.29, 0.717) is 5.92 Å². The highest BCUT2D eigenvalue weighted by molar-refractivity contribution is 5.96. The van der Waals surface area contributed by atoms with Crippen molar-refractivity contribution in [2.45, 2.75) is 33.6 Å². The summed E-state index contributed by atoms with van der Waals surface area (Å²) in [6, 6.07) is 10.4. The molecule has 3 rings (SSSR count). The Morgan fingerprint density at radius 1 is 1.16 bits per heavy atom. The molecule has 0 atom stereocenters. The number of aryl methyl sites for hydroxylation is 2. The van der Waals surface area contributed by atoms with Gasteiger partial charge in [0.05, 0.1) is 5.56 Å². The van der Waals surface area contributed by atoms with Gasteiger partial charge in [-0.2, -0.15) is 0 Å². The average Bonchev–Trinajstić information content (AvgIpc) is 2.90. The molecule has 1 aromatic heterocycles. The number of nitrogens with one attached hydrogen (secondary N) is 1. The lowest BCUT2D eigenvalue weighted by Gasteiger charge is -2.32. The summed E-state index contributed by atoms with van der Waals surface area (Å²) in [4.78, 5) is 15.1. The number of benzene rings is 1. The minimum atomic E-state index is 0.177. The number of carbonyl (C=O) groups is 1. The predicted molar refractivity (Wildman–Crippen MR) is 103 cm³/mol. The molecule has 4 heteroatoms. The van der Waals surface area contributed by atoms with E-state index < -0.39 is 0 Å². The number of nitrogens with zero attached hydrogens (tertiary/aromatic N) is 2. The van der Waals surface area contributed by atoms with Crippen LogP contribution in [0.15, 0.2) is 30.3 Å². The molecule has 1 aromatic carbocycles. The Hall–Kier alpha value is -2.07. The van der Waals surface area contributed by atoms with E-state index in [1.807, 2.05) is 24.1 Å². The van der Waals surface area contributed by atoms with Crippen LogP contribution in [-0.4, -0.2) is 42.1 Å². The third kappa shape index (κ3) is 3.49. The zero-order valence-electron chi connectivity index (χ0n) is 15.8. The molecule has 25 heavy (non-hydrogen) atoms. The summed E-state index contributed by atoms with van der Waals surface area (Å²) < 4.78 is 2.20. The molecule has 2 heterocycles. The van der Waals surface area contributed by atoms with Crippen molar-refractivity contribution in [2.75, 3.05) is 26.7 Å². The van der Waals surface area contributed by atoms with Crippen molar-refractivity contribution in [1.82, 2.24) is 14.8 Å². The second-order valence-corrected chi connectivity index (χ2v) is 7.20. The molecule has 0 unspecified atom stereocenters. The Morgan fingerprint density at radius 3 is 2.48 bits per heavy atom. The molecule has 4 nitrogen and oxygen atoms in total. The number of rotatable bonds is 4. The van der Waals surface area contributed by atoms with Gasteiger partial charge in [0.15, 0.2) is 0 Å². The maximum Gasteiger partial charge on any atom is 0.255 e. The summed E-state index contributed by atoms with van der Waals surface area (Å²) in [5.41, 5.74) is 5.36. The van der Waals surface area contributed by atoms with Crippen LogP contribution in [0.2, 0.25) is 0 Å². The molecule has 134 valence electrons. The number of aromatic nitrogens is 1. The molecular formula is C21H29N3O. The van der Waals surface area contributed by atoms with Gasteiger partial charge in [0.2, 0.25) is 0 Å². The SMILES string of the molecule is CNCC1CCN(C(=O)c2cc(C)n(-c3ccccc3C)c2C)CC1. The van der Waals surface area contributed by atoms with Crippen molar-refractivity contribution in [2.24, 2.45) is 5.92 Å². The lowest BCUT2D eigenvalue weighted by atomic mass is 9.96. The molecule has 1 N–H and O–H groups in total. The van der Waals surface area contributed by atoms with E-state index in [1.54, 1.807) is 0 Å². The molecule has 0 radical (unpaired) electrons. The lowest BCUT2D eigenvalue weighted by Crippen LogP contribution is -2.40. The number of hydrogen-bond donors (Lipinski definition) is 1. The van der Waals surface area contributed by atoms with Crippen LogP contribution in [0.25, 0.3) is 5.69 Å². The van der Waals surface area contributed by atoms with E-state index in [2.05, 4.69) is 48.9 Å². The smallest absolute Gasteiger partial charge is 0.255 e. The van der Waals surface area contributed by atoms with Gasteiger partial charge in [-0.1, -0.05) is 18.2 Å². The lowest BCUT2D eigenvalue weighted by molar-refractivity contribution is 0.0690. The largest absolute Gasteiger partial charge is 0.339 e. The normalized spacial score (nSPS) is 15.6. The number of piperidine rings is 1. The Labute approximate surface area is 150 Å². The van der Waals surface area contributed by atoms with E-state index in [4.69, 9.17) is 0 Å². The van der Waals surface area contributed by atoms with Crippen LogP contribution in [0, 0.1) is 26.7 Å². The van der Waals surface area contributed by atoms with Crippen LogP contribution >= 0.6 is 0 Å². The first-order chi connectivity index (χ1) is 12.0. The average molecular weight is 339 g/mol. The fraction of sp³-hybridized carbons (Fsp3) is 0.476. The predicted octanol–water partition coefficient (Wildman–Crippen LogP) is 3.47. The highest BCUT2D eigenvalue weighted by atomic mass is 16.2. The topological polar surface area (TPSA) is 37.3 Å². The molecule has 2 aromatic rings. The standard InChI is InChI=1S/C21H29N3O/c1-15-7-5-6-8-20(15)24-16(2)13-19(17(24)3)21(25)23-11-9-18(10-12-23)14-22-4/h5-8,13,18,22H,9-12,14H2,1-4H3. The zero-order valence-corrected chi connectivity index (χ0v) is 15.8. The fourth-order valence-corrected chi connectivity index (χ4v) is 3.96. The van der Waals surface area contributed by atoms with E-state index in [1.165, 1.54) is 5.56 Å². The number of amides is 1. The van der Waals surface area contributed by atoms with Crippen LogP contribution in [0.1, 0.15) is 40.2 Å². The number of hydrogen-bond acceptors (Lipinski definition) is 2. The molecule has 0 aliphatic carbocycles. The molecule has 1 saturated heterocycles. The van der Waals surface area contributed by atoms with Gasteiger partial charge in [-0.05, 0) is 70.8 Å². The van der Waals surface area contributed by atoms with E-state index in [-0.39, 0.29) is 5.91 Å². The third-order valence-corrected chi connectivity index (χ3v) is 5.41. The van der Waals surface area contributed by atoms with E-state index >= 15 is 0 Å². The molecule has 1 amide bonds. The summed E-state index contributed by atoms with van der Waals surface area (Å²) in [5, 5.41) is 3.25. The van der Waals surface area contributed by atoms with Gasteiger partial charge < -0.3 is 14.8 Å². The van der Waals surface area contributed by atoms with Gasteiger partial charge in [0.25, 0.3) is 5.91 Å². The molecule has 0 bridgehead atoms. The summed E-state index contributed by atoms with van der Waals surface area (Å²) >= 11 is 0. The maximum absolute atomic E-state index is 13.1. The summed E-state index contributed by atoms with van der Waals surface area (Å²) in [6.07, 6.45) is 2.17. The molecule has 1 fully saturated rings. The Morgan fingerprint density at radius 2 is 1.84 bits per heavy atom. The maximum atomic E-state index is 13.1. The van der Waals surface area contributed by atoms with Crippen molar-refractivity contribution in [3.8, 4) is 5.69 Å². The summed E-state index contributed by atoms with van der Waals surface area (Å²) in [7, 11) is 2.00. The third-order valence-electron chi connectivity index (χ3n) is 5.41. The van der Waals surface area contributed by atoms with Crippen molar-refractivity contribution >= 4 is 5.91 Å². The summed E-state index contributed by atoms with van der Waals surface area (Å²) in [6.45, 7) is 9.01. The van der Waals surface area contributed by atoms with Gasteiger partial charge in [-0.25, -0.2) is 0 Å². The van der Waals surface area contributed by atoms with Crippen molar-refractivity contribution in [3.05, 3.63) is 52.8 Å². The van der Waals surface area contributed by atoms with Crippen LogP contribution < -0.4 is 5.32 Å². The van der Waals surface area contributed by atoms with Crippen molar-refractivity contribution in [1.29, 1.82) is 0 Å². The van der Waals surface area contributed by atoms with E-state index in [9.17, 15) is 4.79 Å². The number of likely N-dealkylation sites (tertiary alicyclic amines) is 1. The van der Waals surface area contributed by atoms with Gasteiger partial charge in [0, 0.05) is 30.2 Å². The zero-order chi connectivity index (χ0) is 18.0. The van der Waals surface area contributed by atoms with Crippen LogP contribution in [-0.2, 0) is 0 Å². The van der Waals surface area contributed by atoms with Crippen LogP contribution in [0.4, 0.5) is 0 Å². The number of para-hydroxylation sites is 1. The minimum Gasteiger partial charge on any atom is -0.339 e. The van der Waals surface area contributed by atoms with Crippen molar-refractivity contribution < 1.29 is 4.79 Å². The first-order valence-electron chi connectivity index (χ1n) is 9.21. The van der Waals surface area contributed by atoms with Crippen molar-refractivity contribution in [3.63, 3.8) is 0 Å². The monoisotopic (exact) mass is 339 g/mol. The molecule has 1 aliphatic heterocycles. The number of carbonyl (C=O) groups excluding carboxylic acids is 1. The quantitative estimate of drug-likeness (QED) is 0.926. The molecule has 1 aliphatic rings.